The fourth-order valence-electron chi connectivity index (χ4n) is 6.91. The van der Waals surface area contributed by atoms with Crippen molar-refractivity contribution in [2.45, 2.75) is 0 Å². The number of benzene rings is 8. The van der Waals surface area contributed by atoms with Crippen LogP contribution < -0.4 is 24.0 Å². The van der Waals surface area contributed by atoms with Gasteiger partial charge >= 0.3 is 18.9 Å². The molecule has 8 aromatic carbocycles. The standard InChI is InChI=1S/C39H25N3.C9H7NO.Li/c1-3-11-27(12-4-1)37-40-38(28-13-5-2-6-14-28)42-39(41-37)29-21-19-26(20-22-29)30-23-24-35-33-17-8-7-15-31(33)32-16-9-10-18-34(32)36(35)25-30;11-8-5-1-3-7-4-2-6-10-9(7)8;/h1-25H;1-6,11H;/q;;+1/p-1. The molecule has 0 atom stereocenters. The number of pyridine rings is 1. The van der Waals surface area contributed by atoms with Gasteiger partial charge in [0.15, 0.2) is 17.5 Å². The van der Waals surface area contributed by atoms with Gasteiger partial charge in [-0.2, -0.15) is 0 Å². The van der Waals surface area contributed by atoms with E-state index < -0.39 is 0 Å². The Labute approximate surface area is 324 Å². The minimum absolute atomic E-state index is 0. The van der Waals surface area contributed by atoms with Crippen molar-refractivity contribution in [1.29, 1.82) is 0 Å². The van der Waals surface area contributed by atoms with Crippen LogP contribution in [0.1, 0.15) is 0 Å². The van der Waals surface area contributed by atoms with E-state index in [1.165, 1.54) is 43.9 Å². The zero-order valence-electron chi connectivity index (χ0n) is 29.6. The van der Waals surface area contributed by atoms with E-state index in [0.717, 1.165) is 27.6 Å². The van der Waals surface area contributed by atoms with Crippen molar-refractivity contribution in [2.75, 3.05) is 0 Å². The molecule has 6 heteroatoms. The first-order chi connectivity index (χ1) is 26.2. The van der Waals surface area contributed by atoms with E-state index >= 15 is 0 Å². The Hall–Kier alpha value is -6.64. The molecule has 0 bridgehead atoms. The number of hydrogen-bond acceptors (Lipinski definition) is 5. The zero-order chi connectivity index (χ0) is 35.6. The van der Waals surface area contributed by atoms with Gasteiger partial charge in [-0.05, 0) is 61.0 Å². The third-order valence-electron chi connectivity index (χ3n) is 9.52. The smallest absolute Gasteiger partial charge is 0.871 e. The Kier molecular flexibility index (Phi) is 9.66. The first kappa shape index (κ1) is 34.4. The molecule has 0 fully saturated rings. The van der Waals surface area contributed by atoms with Crippen LogP contribution >= 0.6 is 0 Å². The second-order valence-corrected chi connectivity index (χ2v) is 12.8. The van der Waals surface area contributed by atoms with Gasteiger partial charge in [0.1, 0.15) is 0 Å². The van der Waals surface area contributed by atoms with Crippen molar-refractivity contribution in [3.63, 3.8) is 0 Å². The van der Waals surface area contributed by atoms with Gasteiger partial charge in [0, 0.05) is 22.9 Å². The summed E-state index contributed by atoms with van der Waals surface area (Å²) < 4.78 is 0. The predicted molar refractivity (Wildman–Crippen MR) is 215 cm³/mol. The third kappa shape index (κ3) is 6.71. The molecule has 5 nitrogen and oxygen atoms in total. The van der Waals surface area contributed by atoms with Crippen LogP contribution in [0.2, 0.25) is 0 Å². The quantitative estimate of drug-likeness (QED) is 0.138. The number of para-hydroxylation sites is 1. The Bertz CT molecular complexity index is 2800. The van der Waals surface area contributed by atoms with Crippen LogP contribution in [-0.4, -0.2) is 19.9 Å². The number of fused-ring (bicyclic) bond motifs is 7. The normalized spacial score (nSPS) is 10.9. The molecular weight excluding hydrogens is 655 g/mol. The Morgan fingerprint density at radius 2 is 0.759 bits per heavy atom. The second kappa shape index (κ2) is 15.1. The van der Waals surface area contributed by atoms with E-state index in [1.807, 2.05) is 78.9 Å². The number of hydrogen-bond donors (Lipinski definition) is 0. The van der Waals surface area contributed by atoms with Crippen molar-refractivity contribution < 1.29 is 24.0 Å². The average molecular weight is 687 g/mol. The minimum Gasteiger partial charge on any atom is -0.871 e. The maximum Gasteiger partial charge on any atom is 1.00 e. The van der Waals surface area contributed by atoms with Crippen LogP contribution in [0.15, 0.2) is 188 Å². The second-order valence-electron chi connectivity index (χ2n) is 12.8. The van der Waals surface area contributed by atoms with Crippen LogP contribution in [0.25, 0.3) is 88.5 Å². The Morgan fingerprint density at radius 1 is 0.333 bits per heavy atom. The molecule has 0 saturated heterocycles. The number of rotatable bonds is 4. The fraction of sp³-hybridized carbons (Fsp3) is 0. The SMILES string of the molecule is [Li+].[O-]c1cccc2cccnc12.c1ccc(-c2nc(-c3ccccc3)nc(-c3ccc(-c4ccc5c6ccccc6c6ccccc6c5c4)cc3)n2)cc1. The Balaban J connectivity index is 0.000000296. The molecule has 0 aliphatic rings. The zero-order valence-corrected chi connectivity index (χ0v) is 29.6. The molecule has 0 saturated carbocycles. The number of nitrogens with zero attached hydrogens (tertiary/aromatic N) is 4. The molecule has 10 rings (SSSR count). The summed E-state index contributed by atoms with van der Waals surface area (Å²) in [5, 5.41) is 19.7. The van der Waals surface area contributed by atoms with Crippen LogP contribution in [-0.2, 0) is 0 Å². The summed E-state index contributed by atoms with van der Waals surface area (Å²) in [5.74, 6) is 1.97. The molecule has 0 radical (unpaired) electrons. The largest absolute Gasteiger partial charge is 1.00 e. The van der Waals surface area contributed by atoms with Crippen LogP contribution in [0.5, 0.6) is 5.75 Å². The predicted octanol–water partition coefficient (Wildman–Crippen LogP) is 8.31. The maximum absolute atomic E-state index is 11.1. The van der Waals surface area contributed by atoms with Crippen molar-refractivity contribution in [2.24, 2.45) is 0 Å². The van der Waals surface area contributed by atoms with Crippen LogP contribution in [0.3, 0.4) is 0 Å². The molecule has 0 unspecified atom stereocenters. The molecule has 0 N–H and O–H groups in total. The molecule has 54 heavy (non-hydrogen) atoms. The molecule has 10 aromatic rings. The van der Waals surface area contributed by atoms with Crippen molar-refractivity contribution in [3.05, 3.63) is 188 Å². The van der Waals surface area contributed by atoms with Crippen LogP contribution in [0, 0.1) is 0 Å². The van der Waals surface area contributed by atoms with Gasteiger partial charge in [0.25, 0.3) is 0 Å². The third-order valence-corrected chi connectivity index (χ3v) is 9.52. The van der Waals surface area contributed by atoms with Crippen molar-refractivity contribution in [3.8, 4) is 51.0 Å². The fourth-order valence-corrected chi connectivity index (χ4v) is 6.91. The van der Waals surface area contributed by atoms with Gasteiger partial charge in [-0.25, -0.2) is 15.0 Å². The summed E-state index contributed by atoms with van der Waals surface area (Å²) in [6, 6.07) is 61.7. The van der Waals surface area contributed by atoms with Gasteiger partial charge in [0.05, 0.1) is 5.52 Å². The summed E-state index contributed by atoms with van der Waals surface area (Å²) in [6.45, 7) is 0. The maximum atomic E-state index is 11.1. The van der Waals surface area contributed by atoms with Gasteiger partial charge in [-0.15, -0.1) is 0 Å². The van der Waals surface area contributed by atoms with Gasteiger partial charge in [-0.1, -0.05) is 176 Å². The van der Waals surface area contributed by atoms with Crippen molar-refractivity contribution >= 4 is 43.2 Å². The summed E-state index contributed by atoms with van der Waals surface area (Å²) in [6.07, 6.45) is 1.63. The van der Waals surface area contributed by atoms with E-state index in [0.29, 0.717) is 23.0 Å². The monoisotopic (exact) mass is 686 g/mol. The first-order valence-electron chi connectivity index (χ1n) is 17.5. The Morgan fingerprint density at radius 3 is 1.30 bits per heavy atom. The molecule has 0 amide bonds. The molecular formula is C48H31LiN4O. The summed E-state index contributed by atoms with van der Waals surface area (Å²) in [5.41, 5.74) is 5.76. The van der Waals surface area contributed by atoms with Crippen LogP contribution in [0.4, 0.5) is 0 Å². The molecule has 250 valence electrons. The molecule has 0 spiro atoms. The molecule has 2 aromatic heterocycles. The van der Waals surface area contributed by atoms with E-state index in [-0.39, 0.29) is 24.6 Å². The summed E-state index contributed by atoms with van der Waals surface area (Å²) in [4.78, 5) is 18.6. The van der Waals surface area contributed by atoms with E-state index in [9.17, 15) is 5.11 Å². The first-order valence-corrected chi connectivity index (χ1v) is 17.5. The molecule has 2 heterocycles. The van der Waals surface area contributed by atoms with Gasteiger partial charge in [0.2, 0.25) is 0 Å². The summed E-state index contributed by atoms with van der Waals surface area (Å²) in [7, 11) is 0. The minimum atomic E-state index is -0.0110. The summed E-state index contributed by atoms with van der Waals surface area (Å²) >= 11 is 0. The topological polar surface area (TPSA) is 74.6 Å². The number of aromatic nitrogens is 4. The molecule has 0 aliphatic heterocycles. The van der Waals surface area contributed by atoms with E-state index in [4.69, 9.17) is 15.0 Å². The van der Waals surface area contributed by atoms with E-state index in [1.54, 1.807) is 12.3 Å². The average Bonchev–Trinajstić information content (AvgIpc) is 3.24. The van der Waals surface area contributed by atoms with Gasteiger partial charge in [-0.3, -0.25) is 4.98 Å². The van der Waals surface area contributed by atoms with Gasteiger partial charge < -0.3 is 5.11 Å². The van der Waals surface area contributed by atoms with Crippen molar-refractivity contribution in [1.82, 2.24) is 19.9 Å². The van der Waals surface area contributed by atoms with E-state index in [2.05, 4.69) is 96.0 Å². The molecule has 0 aliphatic carbocycles.